The number of nitrogens with zero attached hydrogens (tertiary/aromatic N) is 3. The molecule has 6 heteroatoms. The molecule has 0 amide bonds. The molecule has 7 rings (SSSR count). The van der Waals surface area contributed by atoms with Gasteiger partial charge in [0.2, 0.25) is 5.71 Å². The number of fused-ring (bicyclic) bond motifs is 3. The molecule has 1 saturated carbocycles. The number of hydrogen-bond acceptors (Lipinski definition) is 4. The van der Waals surface area contributed by atoms with Crippen molar-refractivity contribution >= 4 is 39.7 Å². The van der Waals surface area contributed by atoms with Crippen LogP contribution in [-0.2, 0) is 32.9 Å². The molecular formula is C43H49GeIrN3O-2. The topological polar surface area (TPSA) is 51.8 Å². The summed E-state index contributed by atoms with van der Waals surface area (Å²) in [7, 11) is 0. The second kappa shape index (κ2) is 15.4. The smallest absolute Gasteiger partial charge is 0.216 e. The third kappa shape index (κ3) is 8.98. The Kier molecular flexibility index (Phi) is 11.7. The van der Waals surface area contributed by atoms with Gasteiger partial charge >= 0.3 is 132 Å². The van der Waals surface area contributed by atoms with Crippen molar-refractivity contribution in [3.63, 3.8) is 0 Å². The average molecular weight is 889 g/mol. The van der Waals surface area contributed by atoms with Crippen LogP contribution >= 0.6 is 0 Å². The van der Waals surface area contributed by atoms with Gasteiger partial charge in [-0.25, -0.2) is 4.98 Å². The number of pyridine rings is 3. The summed E-state index contributed by atoms with van der Waals surface area (Å²) in [5.41, 5.74) is 10.9. The molecule has 6 aromatic rings. The van der Waals surface area contributed by atoms with Crippen molar-refractivity contribution < 1.29 is 24.5 Å². The second-order valence-corrected chi connectivity index (χ2v) is 26.4. The fraction of sp³-hybridized carbons (Fsp3) is 0.372. The van der Waals surface area contributed by atoms with E-state index in [0.717, 1.165) is 63.3 Å². The zero-order valence-electron chi connectivity index (χ0n) is 30.3. The van der Waals surface area contributed by atoms with Gasteiger partial charge < -0.3 is 9.40 Å². The molecule has 0 N–H and O–H groups in total. The maximum absolute atomic E-state index is 6.11. The molecule has 0 saturated heterocycles. The van der Waals surface area contributed by atoms with Crippen LogP contribution in [0.15, 0.2) is 77.5 Å². The number of aryl methyl sites for hydroxylation is 2. The summed E-state index contributed by atoms with van der Waals surface area (Å²) in [6, 6.07) is 27.3. The Morgan fingerprint density at radius 2 is 1.59 bits per heavy atom. The molecule has 0 aliphatic heterocycles. The van der Waals surface area contributed by atoms with E-state index in [4.69, 9.17) is 14.4 Å². The van der Waals surface area contributed by atoms with Crippen molar-refractivity contribution in [2.75, 3.05) is 0 Å². The molecule has 1 aliphatic rings. The van der Waals surface area contributed by atoms with Gasteiger partial charge in [-0.3, -0.25) is 0 Å². The molecule has 49 heavy (non-hydrogen) atoms. The van der Waals surface area contributed by atoms with Crippen LogP contribution < -0.4 is 4.40 Å². The van der Waals surface area contributed by atoms with Gasteiger partial charge in [-0.1, -0.05) is 48.3 Å². The Hall–Kier alpha value is -3.12. The molecule has 2 aromatic carbocycles. The van der Waals surface area contributed by atoms with Crippen LogP contribution in [0.1, 0.15) is 68.8 Å². The van der Waals surface area contributed by atoms with Crippen molar-refractivity contribution in [2.45, 2.75) is 90.4 Å². The van der Waals surface area contributed by atoms with Crippen LogP contribution in [0.25, 0.3) is 44.6 Å². The van der Waals surface area contributed by atoms with Crippen LogP contribution in [0.3, 0.4) is 0 Å². The molecule has 4 heterocycles. The maximum atomic E-state index is 6.11. The summed E-state index contributed by atoms with van der Waals surface area (Å²) in [6.45, 7) is 11.1. The molecule has 4 nitrogen and oxygen atoms in total. The Morgan fingerprint density at radius 3 is 2.27 bits per heavy atom. The molecule has 1 radical (unpaired) electrons. The molecule has 0 bridgehead atoms. The molecule has 1 fully saturated rings. The van der Waals surface area contributed by atoms with E-state index in [9.17, 15) is 0 Å². The van der Waals surface area contributed by atoms with E-state index in [1.54, 1.807) is 0 Å². The third-order valence-electron chi connectivity index (χ3n) is 9.40. The summed E-state index contributed by atoms with van der Waals surface area (Å²) in [5, 5.41) is 2.11. The maximum Gasteiger partial charge on any atom is 0.216 e. The van der Waals surface area contributed by atoms with Gasteiger partial charge in [-0.15, -0.1) is 18.2 Å². The SMILES string of the molecule is CC(C)(C)Cc1cc(-c2[c-]cccc2)nc[c]1[Ge]([CH3])([CH3])[CH3].Cc1ccc2c(n1)oc1c(-c3cc(C)c(CC4CCCC4)cn3)[c-]ccc12.[Ir]. The van der Waals surface area contributed by atoms with Crippen LogP contribution in [0.5, 0.6) is 0 Å². The first-order chi connectivity index (χ1) is 22.9. The number of rotatable bonds is 6. The second-order valence-electron chi connectivity index (χ2n) is 15.8. The van der Waals surface area contributed by atoms with Gasteiger partial charge in [-0.05, 0) is 49.6 Å². The molecular weight excluding hydrogens is 839 g/mol. The molecule has 0 spiro atoms. The van der Waals surface area contributed by atoms with Crippen molar-refractivity contribution in [3.8, 4) is 22.5 Å². The molecule has 257 valence electrons. The Bertz CT molecular complexity index is 2030. The summed E-state index contributed by atoms with van der Waals surface area (Å²) in [6.07, 6.45) is 11.9. The van der Waals surface area contributed by atoms with Gasteiger partial charge in [0.25, 0.3) is 0 Å². The van der Waals surface area contributed by atoms with E-state index in [1.165, 1.54) is 46.8 Å². The quantitative estimate of drug-likeness (QED) is 0.124. The minimum absolute atomic E-state index is 0. The average Bonchev–Trinajstić information content (AvgIpc) is 3.69. The predicted molar refractivity (Wildman–Crippen MR) is 203 cm³/mol. The fourth-order valence-electron chi connectivity index (χ4n) is 6.96. The summed E-state index contributed by atoms with van der Waals surface area (Å²) in [4.78, 5) is 14.0. The Morgan fingerprint density at radius 1 is 0.837 bits per heavy atom. The predicted octanol–water partition coefficient (Wildman–Crippen LogP) is 10.9. The van der Waals surface area contributed by atoms with E-state index in [0.29, 0.717) is 11.1 Å². The van der Waals surface area contributed by atoms with E-state index in [-0.39, 0.29) is 20.1 Å². The zero-order valence-corrected chi connectivity index (χ0v) is 34.8. The number of aromatic nitrogens is 3. The minimum atomic E-state index is -1.90. The van der Waals surface area contributed by atoms with Crippen molar-refractivity contribution in [1.29, 1.82) is 0 Å². The molecule has 1 aliphatic carbocycles. The Labute approximate surface area is 309 Å². The van der Waals surface area contributed by atoms with E-state index < -0.39 is 13.3 Å². The number of hydrogen-bond donors (Lipinski definition) is 0. The van der Waals surface area contributed by atoms with Crippen LogP contribution in [0.2, 0.25) is 17.3 Å². The monoisotopic (exact) mass is 890 g/mol. The van der Waals surface area contributed by atoms with Gasteiger partial charge in [0.05, 0.1) is 5.58 Å². The van der Waals surface area contributed by atoms with Gasteiger partial charge in [0.15, 0.2) is 0 Å². The fourth-order valence-corrected chi connectivity index (χ4v) is 10.3. The van der Waals surface area contributed by atoms with Crippen molar-refractivity contribution in [3.05, 3.63) is 108 Å². The number of benzene rings is 2. The van der Waals surface area contributed by atoms with Crippen LogP contribution in [0.4, 0.5) is 0 Å². The van der Waals surface area contributed by atoms with E-state index >= 15 is 0 Å². The zero-order chi connectivity index (χ0) is 34.1. The summed E-state index contributed by atoms with van der Waals surface area (Å²) in [5.74, 6) is 8.16. The van der Waals surface area contributed by atoms with Gasteiger partial charge in [-0.2, -0.15) is 0 Å². The minimum Gasteiger partial charge on any atom is -0.486 e. The van der Waals surface area contributed by atoms with E-state index in [1.807, 2.05) is 43.3 Å². The number of furan rings is 1. The normalized spacial score (nSPS) is 13.7. The van der Waals surface area contributed by atoms with Crippen LogP contribution in [-0.4, -0.2) is 28.2 Å². The van der Waals surface area contributed by atoms with E-state index in [2.05, 4.69) is 98.7 Å². The third-order valence-corrected chi connectivity index (χ3v) is 13.7. The standard InChI is InChI=1S/C24H23N2O.C19H26GeN.Ir/c1-15-12-22(25-14-18(15)13-17-6-3-4-7-17)21-9-5-8-19-20-11-10-16(2)26-24(20)27-23(19)21;1-19(2,3)13-16-12-18(15-10-8-7-9-11-15)21-14-17(16)20(4,5)6;/h5,8,10-12,14,17H,3-4,6-7,13H2,1-2H3;7-10,12,14H,13H2,1-6H3;/q2*-1;. The first kappa shape index (κ1) is 37.1. The van der Waals surface area contributed by atoms with Gasteiger partial charge in [0.1, 0.15) is 0 Å². The van der Waals surface area contributed by atoms with Crippen molar-refractivity contribution in [2.24, 2.45) is 11.3 Å². The summed E-state index contributed by atoms with van der Waals surface area (Å²) >= 11 is -1.90. The first-order valence-corrected chi connectivity index (χ1v) is 24.8. The molecule has 0 atom stereocenters. The molecule has 4 aromatic heterocycles. The first-order valence-electron chi connectivity index (χ1n) is 17.5. The molecule has 0 unspecified atom stereocenters. The van der Waals surface area contributed by atoms with Crippen molar-refractivity contribution in [1.82, 2.24) is 15.0 Å². The van der Waals surface area contributed by atoms with Gasteiger partial charge in [0, 0.05) is 37.4 Å². The summed E-state index contributed by atoms with van der Waals surface area (Å²) < 4.78 is 7.65. The Balaban J connectivity index is 0.000000194. The largest absolute Gasteiger partial charge is 0.486 e. The van der Waals surface area contributed by atoms with Crippen LogP contribution in [0, 0.1) is 37.3 Å².